The molecule has 1 amide bonds. The van der Waals surface area contributed by atoms with Crippen molar-refractivity contribution in [1.82, 2.24) is 4.57 Å². The van der Waals surface area contributed by atoms with E-state index in [1.807, 2.05) is 4.57 Å². The molecule has 0 saturated heterocycles. The highest BCUT2D eigenvalue weighted by atomic mass is 32.2. The summed E-state index contributed by atoms with van der Waals surface area (Å²) < 4.78 is 7.67. The predicted octanol–water partition coefficient (Wildman–Crippen LogP) is 2.77. The topological polar surface area (TPSA) is 77.7 Å². The first-order valence-corrected chi connectivity index (χ1v) is 9.38. The minimum Gasteiger partial charge on any atom is -0.462 e. The third-order valence-corrected chi connectivity index (χ3v) is 4.96. The predicted molar refractivity (Wildman–Crippen MR) is 99.7 cm³/mol. The molecule has 0 unspecified atom stereocenters. The van der Waals surface area contributed by atoms with Crippen molar-refractivity contribution in [3.8, 4) is 0 Å². The second-order valence-corrected chi connectivity index (χ2v) is 7.13. The normalized spacial score (nSPS) is 11.5. The molecule has 25 heavy (non-hydrogen) atoms. The van der Waals surface area contributed by atoms with Crippen LogP contribution < -0.4 is 4.80 Å². The van der Waals surface area contributed by atoms with E-state index in [0.29, 0.717) is 23.5 Å². The number of aromatic nitrogens is 1. The molecule has 0 aliphatic carbocycles. The van der Waals surface area contributed by atoms with Gasteiger partial charge in [-0.05, 0) is 25.1 Å². The molecule has 0 saturated carbocycles. The number of rotatable bonds is 6. The zero-order valence-corrected chi connectivity index (χ0v) is 15.6. The molecule has 0 radical (unpaired) electrons. The van der Waals surface area contributed by atoms with Crippen molar-refractivity contribution in [2.24, 2.45) is 4.99 Å². The number of thiazole rings is 1. The second kappa shape index (κ2) is 8.77. The van der Waals surface area contributed by atoms with Crippen LogP contribution in [0.5, 0.6) is 0 Å². The molecule has 0 aliphatic rings. The van der Waals surface area contributed by atoms with Crippen molar-refractivity contribution >= 4 is 50.3 Å². The molecule has 0 N–H and O–H groups in total. The molecule has 0 spiro atoms. The minimum atomic E-state index is -0.388. The molecular weight excluding hydrogens is 360 g/mol. The lowest BCUT2D eigenvalue weighted by molar-refractivity contribution is -0.116. The molecule has 2 aromatic rings. The number of ether oxygens (including phenoxy) is 1. The van der Waals surface area contributed by atoms with Crippen molar-refractivity contribution in [2.45, 2.75) is 20.4 Å². The molecule has 1 aromatic heterocycles. The van der Waals surface area contributed by atoms with E-state index in [9.17, 15) is 14.4 Å². The summed E-state index contributed by atoms with van der Waals surface area (Å²) in [5.41, 5.74) is 1.30. The SMILES string of the molecule is C=CCn1c(=NC(=O)CSC(C)=O)sc2cc(C(=O)OCC)ccc21. The Kier molecular flexibility index (Phi) is 6.72. The molecule has 0 aliphatic heterocycles. The van der Waals surface area contributed by atoms with Gasteiger partial charge in [-0.25, -0.2) is 4.79 Å². The fourth-order valence-corrected chi connectivity index (χ4v) is 3.60. The molecule has 0 atom stereocenters. The standard InChI is InChI=1S/C17H18N2O4S2/c1-4-8-19-13-7-6-12(16(22)23-5-2)9-14(13)25-17(19)18-15(21)10-24-11(3)20/h4,6-7,9H,1,5,8,10H2,2-3H3. The van der Waals surface area contributed by atoms with Gasteiger partial charge < -0.3 is 9.30 Å². The number of hydrogen-bond donors (Lipinski definition) is 0. The Balaban J connectivity index is 2.46. The Bertz CT molecular complexity index is 896. The van der Waals surface area contributed by atoms with E-state index in [4.69, 9.17) is 4.74 Å². The lowest BCUT2D eigenvalue weighted by atomic mass is 10.2. The maximum Gasteiger partial charge on any atom is 0.338 e. The van der Waals surface area contributed by atoms with Gasteiger partial charge in [0.05, 0.1) is 28.1 Å². The Hall–Kier alpha value is -2.19. The average molecular weight is 378 g/mol. The van der Waals surface area contributed by atoms with Gasteiger partial charge in [0.2, 0.25) is 0 Å². The monoisotopic (exact) mass is 378 g/mol. The molecule has 0 fully saturated rings. The van der Waals surface area contributed by atoms with Crippen LogP contribution in [0.15, 0.2) is 35.8 Å². The summed E-state index contributed by atoms with van der Waals surface area (Å²) in [6.45, 7) is 7.67. The average Bonchev–Trinajstić information content (AvgIpc) is 2.90. The van der Waals surface area contributed by atoms with Gasteiger partial charge >= 0.3 is 5.97 Å². The van der Waals surface area contributed by atoms with E-state index in [-0.39, 0.29) is 22.7 Å². The zero-order valence-electron chi connectivity index (χ0n) is 14.0. The smallest absolute Gasteiger partial charge is 0.338 e. The summed E-state index contributed by atoms with van der Waals surface area (Å²) in [7, 11) is 0. The summed E-state index contributed by atoms with van der Waals surface area (Å²) in [5.74, 6) is -0.762. The summed E-state index contributed by atoms with van der Waals surface area (Å²) in [4.78, 5) is 39.4. The molecule has 1 aromatic carbocycles. The van der Waals surface area contributed by atoms with E-state index in [2.05, 4.69) is 11.6 Å². The number of esters is 1. The molecule has 0 bridgehead atoms. The van der Waals surface area contributed by atoms with Crippen molar-refractivity contribution in [2.75, 3.05) is 12.4 Å². The third kappa shape index (κ3) is 4.90. The van der Waals surface area contributed by atoms with E-state index < -0.39 is 0 Å². The number of nitrogens with zero attached hydrogens (tertiary/aromatic N) is 2. The Labute approximate surface area is 153 Å². The van der Waals surface area contributed by atoms with Crippen LogP contribution >= 0.6 is 23.1 Å². The van der Waals surface area contributed by atoms with Gasteiger partial charge in [-0.3, -0.25) is 9.59 Å². The minimum absolute atomic E-state index is 0.00570. The first-order chi connectivity index (χ1) is 12.0. The molecule has 6 nitrogen and oxygen atoms in total. The van der Waals surface area contributed by atoms with E-state index in [1.54, 1.807) is 31.2 Å². The first kappa shape index (κ1) is 19.1. The molecule has 8 heteroatoms. The fourth-order valence-electron chi connectivity index (χ4n) is 2.11. The number of amides is 1. The quantitative estimate of drug-likeness (QED) is 0.571. The lowest BCUT2D eigenvalue weighted by Crippen LogP contribution is -2.17. The maximum absolute atomic E-state index is 12.0. The van der Waals surface area contributed by atoms with Gasteiger partial charge in [-0.15, -0.1) is 6.58 Å². The van der Waals surface area contributed by atoms with E-state index >= 15 is 0 Å². The number of carbonyl (C=O) groups excluding carboxylic acids is 3. The number of fused-ring (bicyclic) bond motifs is 1. The van der Waals surface area contributed by atoms with Crippen LogP contribution in [0.25, 0.3) is 10.2 Å². The van der Waals surface area contributed by atoms with Crippen LogP contribution in [-0.4, -0.2) is 33.9 Å². The molecule has 1 heterocycles. The third-order valence-electron chi connectivity index (χ3n) is 3.12. The van der Waals surface area contributed by atoms with Crippen molar-refractivity contribution in [3.05, 3.63) is 41.2 Å². The number of thioether (sulfide) groups is 1. The molecule has 2 rings (SSSR count). The van der Waals surface area contributed by atoms with Crippen LogP contribution in [0.3, 0.4) is 0 Å². The van der Waals surface area contributed by atoms with Gasteiger partial charge in [0.15, 0.2) is 9.92 Å². The summed E-state index contributed by atoms with van der Waals surface area (Å²) in [6, 6.07) is 5.21. The lowest BCUT2D eigenvalue weighted by Gasteiger charge is -2.03. The number of carbonyl (C=O) groups is 3. The van der Waals surface area contributed by atoms with Crippen molar-refractivity contribution in [3.63, 3.8) is 0 Å². The van der Waals surface area contributed by atoms with Gasteiger partial charge in [0.1, 0.15) is 0 Å². The summed E-state index contributed by atoms with van der Waals surface area (Å²) in [6.07, 6.45) is 1.71. The van der Waals surface area contributed by atoms with Crippen molar-refractivity contribution < 1.29 is 19.1 Å². The van der Waals surface area contributed by atoms with Gasteiger partial charge in [-0.2, -0.15) is 4.99 Å². The number of allylic oxidation sites excluding steroid dienone is 1. The highest BCUT2D eigenvalue weighted by Crippen LogP contribution is 2.20. The van der Waals surface area contributed by atoms with Crippen molar-refractivity contribution in [1.29, 1.82) is 0 Å². The first-order valence-electron chi connectivity index (χ1n) is 7.58. The molecular formula is C17H18N2O4S2. The van der Waals surface area contributed by atoms with E-state index in [0.717, 1.165) is 22.0 Å². The Morgan fingerprint density at radius 1 is 1.40 bits per heavy atom. The largest absolute Gasteiger partial charge is 0.462 e. The van der Waals surface area contributed by atoms with Crippen LogP contribution in [0, 0.1) is 0 Å². The molecule has 132 valence electrons. The van der Waals surface area contributed by atoms with Crippen LogP contribution in [0.4, 0.5) is 0 Å². The highest BCUT2D eigenvalue weighted by Gasteiger charge is 2.12. The van der Waals surface area contributed by atoms with Crippen LogP contribution in [0.1, 0.15) is 24.2 Å². The zero-order chi connectivity index (χ0) is 18.4. The summed E-state index contributed by atoms with van der Waals surface area (Å²) >= 11 is 2.23. The van der Waals surface area contributed by atoms with E-state index in [1.165, 1.54) is 18.3 Å². The van der Waals surface area contributed by atoms with Gasteiger partial charge in [0.25, 0.3) is 5.91 Å². The number of benzene rings is 1. The van der Waals surface area contributed by atoms with Crippen LogP contribution in [-0.2, 0) is 20.9 Å². The number of hydrogen-bond acceptors (Lipinski definition) is 6. The fraction of sp³-hybridized carbons (Fsp3) is 0.294. The van der Waals surface area contributed by atoms with Gasteiger partial charge in [-0.1, -0.05) is 29.2 Å². The highest BCUT2D eigenvalue weighted by molar-refractivity contribution is 8.14. The van der Waals surface area contributed by atoms with Gasteiger partial charge in [0, 0.05) is 13.5 Å². The Morgan fingerprint density at radius 2 is 2.16 bits per heavy atom. The summed E-state index contributed by atoms with van der Waals surface area (Å²) in [5, 5.41) is -0.127. The Morgan fingerprint density at radius 3 is 2.80 bits per heavy atom. The maximum atomic E-state index is 12.0. The second-order valence-electron chi connectivity index (χ2n) is 4.97. The van der Waals surface area contributed by atoms with Crippen LogP contribution in [0.2, 0.25) is 0 Å².